The first-order valence-corrected chi connectivity index (χ1v) is 4.76. The first-order chi connectivity index (χ1) is 6.22. The highest BCUT2D eigenvalue weighted by atomic mass is 17.1. The lowest BCUT2D eigenvalue weighted by Crippen LogP contribution is -2.30. The summed E-state index contributed by atoms with van der Waals surface area (Å²) in [6, 6.07) is 0. The van der Waals surface area contributed by atoms with Crippen molar-refractivity contribution in [3.05, 3.63) is 12.2 Å². The van der Waals surface area contributed by atoms with Gasteiger partial charge in [-0.05, 0) is 25.2 Å². The van der Waals surface area contributed by atoms with Gasteiger partial charge in [0.2, 0.25) is 0 Å². The van der Waals surface area contributed by atoms with Crippen LogP contribution < -0.4 is 0 Å². The minimum atomic E-state index is -0.464. The fourth-order valence-electron chi connectivity index (χ4n) is 2.81. The summed E-state index contributed by atoms with van der Waals surface area (Å²) in [4.78, 5) is 15.1. The van der Waals surface area contributed by atoms with Crippen LogP contribution in [0.1, 0.15) is 26.2 Å². The topological polar surface area (TPSA) is 46.5 Å². The standard InChI is InChI=1S/C10H14O3/c1-2-10-4-3-7(6-10)5-8(10)9(11)13-12/h3-4,7-8,12H,2,5-6H2,1H3. The van der Waals surface area contributed by atoms with E-state index in [0.717, 1.165) is 19.3 Å². The fourth-order valence-corrected chi connectivity index (χ4v) is 2.81. The van der Waals surface area contributed by atoms with Crippen molar-refractivity contribution in [1.29, 1.82) is 0 Å². The Morgan fingerprint density at radius 3 is 3.08 bits per heavy atom. The molecule has 13 heavy (non-hydrogen) atoms. The summed E-state index contributed by atoms with van der Waals surface area (Å²) in [6.07, 6.45) is 7.14. The van der Waals surface area contributed by atoms with Crippen molar-refractivity contribution in [2.24, 2.45) is 17.3 Å². The average Bonchev–Trinajstić information content (AvgIpc) is 2.74. The van der Waals surface area contributed by atoms with Crippen LogP contribution in [0.15, 0.2) is 12.2 Å². The second-order valence-corrected chi connectivity index (χ2v) is 4.11. The number of rotatable bonds is 2. The van der Waals surface area contributed by atoms with Crippen molar-refractivity contribution in [3.63, 3.8) is 0 Å². The second-order valence-electron chi connectivity index (χ2n) is 4.11. The van der Waals surface area contributed by atoms with Crippen molar-refractivity contribution < 1.29 is 14.9 Å². The molecule has 2 aliphatic rings. The molecule has 0 aromatic rings. The van der Waals surface area contributed by atoms with E-state index in [4.69, 9.17) is 5.26 Å². The van der Waals surface area contributed by atoms with E-state index in [-0.39, 0.29) is 11.3 Å². The summed E-state index contributed by atoms with van der Waals surface area (Å²) in [5, 5.41) is 8.36. The SMILES string of the molecule is CCC12C=CC(CC1C(=O)OO)C2. The molecule has 0 aromatic heterocycles. The zero-order chi connectivity index (χ0) is 9.47. The van der Waals surface area contributed by atoms with Crippen LogP contribution in [-0.2, 0) is 9.68 Å². The largest absolute Gasteiger partial charge is 0.346 e. The number of carbonyl (C=O) groups is 1. The van der Waals surface area contributed by atoms with Crippen molar-refractivity contribution >= 4 is 5.97 Å². The van der Waals surface area contributed by atoms with E-state index in [2.05, 4.69) is 24.0 Å². The van der Waals surface area contributed by atoms with E-state index in [1.807, 2.05) is 0 Å². The van der Waals surface area contributed by atoms with Gasteiger partial charge in [-0.3, -0.25) is 0 Å². The summed E-state index contributed by atoms with van der Waals surface area (Å²) < 4.78 is 0. The molecule has 1 saturated carbocycles. The van der Waals surface area contributed by atoms with E-state index >= 15 is 0 Å². The first kappa shape index (κ1) is 8.75. The van der Waals surface area contributed by atoms with Crippen LogP contribution in [-0.4, -0.2) is 11.2 Å². The Morgan fingerprint density at radius 1 is 1.77 bits per heavy atom. The minimum Gasteiger partial charge on any atom is -0.301 e. The number of carbonyl (C=O) groups excluding carboxylic acids is 1. The molecule has 2 rings (SSSR count). The predicted octanol–water partition coefficient (Wildman–Crippen LogP) is 2.00. The van der Waals surface area contributed by atoms with Gasteiger partial charge in [-0.1, -0.05) is 19.1 Å². The maximum absolute atomic E-state index is 11.3. The van der Waals surface area contributed by atoms with Gasteiger partial charge in [0.1, 0.15) is 0 Å². The molecule has 0 heterocycles. The zero-order valence-electron chi connectivity index (χ0n) is 7.69. The monoisotopic (exact) mass is 182 g/mol. The number of fused-ring (bicyclic) bond motifs is 2. The zero-order valence-corrected chi connectivity index (χ0v) is 7.69. The second kappa shape index (κ2) is 2.84. The van der Waals surface area contributed by atoms with Crippen LogP contribution in [0, 0.1) is 17.3 Å². The van der Waals surface area contributed by atoms with E-state index in [1.54, 1.807) is 0 Å². The molecule has 0 amide bonds. The molecule has 0 saturated heterocycles. The molecule has 0 aliphatic heterocycles. The molecule has 3 atom stereocenters. The van der Waals surface area contributed by atoms with Crippen molar-refractivity contribution in [2.45, 2.75) is 26.2 Å². The summed E-state index contributed by atoms with van der Waals surface area (Å²) in [5.41, 5.74) is -0.0233. The number of hydrogen-bond acceptors (Lipinski definition) is 3. The quantitative estimate of drug-likeness (QED) is 0.403. The summed E-state index contributed by atoms with van der Waals surface area (Å²) in [5.74, 6) is -0.0738. The predicted molar refractivity (Wildman–Crippen MR) is 46.8 cm³/mol. The maximum Gasteiger partial charge on any atom is 0.346 e. The number of hydrogen-bond donors (Lipinski definition) is 1. The molecule has 3 unspecified atom stereocenters. The molecule has 1 fully saturated rings. The van der Waals surface area contributed by atoms with Gasteiger partial charge in [-0.15, -0.1) is 0 Å². The maximum atomic E-state index is 11.3. The Labute approximate surface area is 77.3 Å². The summed E-state index contributed by atoms with van der Waals surface area (Å²) >= 11 is 0. The van der Waals surface area contributed by atoms with Gasteiger partial charge in [0, 0.05) is 5.41 Å². The van der Waals surface area contributed by atoms with Crippen LogP contribution in [0.5, 0.6) is 0 Å². The van der Waals surface area contributed by atoms with Gasteiger partial charge < -0.3 is 4.89 Å². The third-order valence-electron chi connectivity index (χ3n) is 3.61. The third-order valence-corrected chi connectivity index (χ3v) is 3.61. The Kier molecular flexibility index (Phi) is 1.91. The molecule has 72 valence electrons. The third kappa shape index (κ3) is 1.10. The lowest BCUT2D eigenvalue weighted by atomic mass is 9.76. The molecule has 3 nitrogen and oxygen atoms in total. The molecule has 1 N–H and O–H groups in total. The highest BCUT2D eigenvalue weighted by Gasteiger charge is 2.51. The van der Waals surface area contributed by atoms with Gasteiger partial charge in [0.05, 0.1) is 5.92 Å². The van der Waals surface area contributed by atoms with Crippen molar-refractivity contribution in [2.75, 3.05) is 0 Å². The first-order valence-electron chi connectivity index (χ1n) is 4.76. The van der Waals surface area contributed by atoms with Gasteiger partial charge in [-0.2, -0.15) is 5.26 Å². The van der Waals surface area contributed by atoms with Crippen molar-refractivity contribution in [1.82, 2.24) is 0 Å². The Bertz CT molecular complexity index is 259. The van der Waals surface area contributed by atoms with E-state index in [9.17, 15) is 4.79 Å². The van der Waals surface area contributed by atoms with Gasteiger partial charge in [-0.25, -0.2) is 4.79 Å². The average molecular weight is 182 g/mol. The van der Waals surface area contributed by atoms with Crippen LogP contribution in [0.3, 0.4) is 0 Å². The molecular formula is C10H14O3. The van der Waals surface area contributed by atoms with Crippen LogP contribution in [0.4, 0.5) is 0 Å². The molecule has 0 spiro atoms. The van der Waals surface area contributed by atoms with E-state index < -0.39 is 5.97 Å². The highest BCUT2D eigenvalue weighted by molar-refractivity contribution is 5.74. The van der Waals surface area contributed by atoms with Gasteiger partial charge >= 0.3 is 5.97 Å². The molecule has 3 heteroatoms. The van der Waals surface area contributed by atoms with Gasteiger partial charge in [0.25, 0.3) is 0 Å². The van der Waals surface area contributed by atoms with E-state index in [1.165, 1.54) is 0 Å². The van der Waals surface area contributed by atoms with Crippen molar-refractivity contribution in [3.8, 4) is 0 Å². The highest BCUT2D eigenvalue weighted by Crippen LogP contribution is 2.55. The van der Waals surface area contributed by atoms with Crippen LogP contribution >= 0.6 is 0 Å². The molecule has 2 bridgehead atoms. The summed E-state index contributed by atoms with van der Waals surface area (Å²) in [7, 11) is 0. The van der Waals surface area contributed by atoms with E-state index in [0.29, 0.717) is 5.92 Å². The molecule has 0 aromatic carbocycles. The number of allylic oxidation sites excluding steroid dienone is 2. The Balaban J connectivity index is 2.23. The smallest absolute Gasteiger partial charge is 0.301 e. The lowest BCUT2D eigenvalue weighted by Gasteiger charge is -2.28. The molecule has 2 aliphatic carbocycles. The fraction of sp³-hybridized carbons (Fsp3) is 0.700. The van der Waals surface area contributed by atoms with Gasteiger partial charge in [0.15, 0.2) is 0 Å². The molecule has 0 radical (unpaired) electrons. The Hall–Kier alpha value is -0.830. The Morgan fingerprint density at radius 2 is 2.54 bits per heavy atom. The summed E-state index contributed by atoms with van der Waals surface area (Å²) in [6.45, 7) is 2.08. The lowest BCUT2D eigenvalue weighted by molar-refractivity contribution is -0.241. The normalized spacial score (nSPS) is 41.1. The minimum absolute atomic E-state index is 0.0233. The molecular weight excluding hydrogens is 168 g/mol. The van der Waals surface area contributed by atoms with Crippen LogP contribution in [0.25, 0.3) is 0 Å². The van der Waals surface area contributed by atoms with Crippen LogP contribution in [0.2, 0.25) is 0 Å².